The molecule has 0 unspecified atom stereocenters. The van der Waals surface area contributed by atoms with Crippen LogP contribution in [0.1, 0.15) is 60.3 Å². The smallest absolute Gasteiger partial charge is 0.422 e. The van der Waals surface area contributed by atoms with Gasteiger partial charge in [0.1, 0.15) is 5.60 Å². The molecule has 1 saturated carbocycles. The molecular formula is C15H28N2O4. The minimum absolute atomic E-state index is 0.122. The third-order valence-electron chi connectivity index (χ3n) is 3.63. The second-order valence-corrected chi connectivity index (χ2v) is 6.83. The molecule has 122 valence electrons. The summed E-state index contributed by atoms with van der Waals surface area (Å²) in [7, 11) is 0. The van der Waals surface area contributed by atoms with Gasteiger partial charge in [0.05, 0.1) is 12.0 Å². The van der Waals surface area contributed by atoms with E-state index in [0.29, 0.717) is 6.61 Å². The second-order valence-electron chi connectivity index (χ2n) is 6.83. The first-order valence-corrected chi connectivity index (χ1v) is 7.58. The van der Waals surface area contributed by atoms with Gasteiger partial charge in [-0.2, -0.15) is 0 Å². The number of amides is 1. The SMILES string of the molecule is CCOC(=O)C1(C)CCC(NNC(=O)OC(C)(C)C)CC1. The molecule has 0 aromatic rings. The normalized spacial score (nSPS) is 26.0. The summed E-state index contributed by atoms with van der Waals surface area (Å²) in [6, 6.07) is 0.153. The van der Waals surface area contributed by atoms with Gasteiger partial charge in [-0.15, -0.1) is 0 Å². The van der Waals surface area contributed by atoms with E-state index in [4.69, 9.17) is 9.47 Å². The number of hydrogen-bond donors (Lipinski definition) is 2. The molecule has 6 heteroatoms. The van der Waals surface area contributed by atoms with Gasteiger partial charge in [0, 0.05) is 6.04 Å². The van der Waals surface area contributed by atoms with Gasteiger partial charge >= 0.3 is 12.1 Å². The predicted octanol–water partition coefficient (Wildman–Crippen LogP) is 2.53. The van der Waals surface area contributed by atoms with E-state index in [1.807, 2.05) is 34.6 Å². The molecule has 0 bridgehead atoms. The molecule has 0 atom stereocenters. The van der Waals surface area contributed by atoms with Crippen LogP contribution in [-0.4, -0.2) is 30.3 Å². The van der Waals surface area contributed by atoms with Crippen molar-refractivity contribution < 1.29 is 19.1 Å². The average Bonchev–Trinajstić information content (AvgIpc) is 2.36. The number of nitrogens with one attached hydrogen (secondary N) is 2. The summed E-state index contributed by atoms with van der Waals surface area (Å²) in [6.45, 7) is 9.63. The van der Waals surface area contributed by atoms with Gasteiger partial charge in [0.15, 0.2) is 0 Å². The Bertz CT molecular complexity index is 368. The Morgan fingerprint density at radius 2 is 1.81 bits per heavy atom. The number of hydrogen-bond acceptors (Lipinski definition) is 5. The Balaban J connectivity index is 2.34. The van der Waals surface area contributed by atoms with Crippen LogP contribution in [0.4, 0.5) is 4.79 Å². The topological polar surface area (TPSA) is 76.7 Å². The summed E-state index contributed by atoms with van der Waals surface area (Å²) in [5.41, 5.74) is 4.62. The van der Waals surface area contributed by atoms with Crippen molar-refractivity contribution >= 4 is 12.1 Å². The van der Waals surface area contributed by atoms with E-state index < -0.39 is 17.1 Å². The molecule has 0 heterocycles. The lowest BCUT2D eigenvalue weighted by atomic mass is 9.74. The lowest BCUT2D eigenvalue weighted by molar-refractivity contribution is -0.156. The maximum Gasteiger partial charge on any atom is 0.422 e. The summed E-state index contributed by atoms with van der Waals surface area (Å²) >= 11 is 0. The van der Waals surface area contributed by atoms with Gasteiger partial charge in [-0.25, -0.2) is 10.2 Å². The van der Waals surface area contributed by atoms with E-state index in [0.717, 1.165) is 25.7 Å². The maximum absolute atomic E-state index is 11.9. The van der Waals surface area contributed by atoms with Crippen LogP contribution >= 0.6 is 0 Å². The Morgan fingerprint density at radius 1 is 1.24 bits per heavy atom. The molecule has 0 spiro atoms. The highest BCUT2D eigenvalue weighted by atomic mass is 16.6. The standard InChI is InChI=1S/C15H28N2O4/c1-6-20-12(18)15(5)9-7-11(8-10-15)16-17-13(19)21-14(2,3)4/h11,16H,6-10H2,1-5H3,(H,17,19). The fourth-order valence-corrected chi connectivity index (χ4v) is 2.37. The molecule has 1 rings (SSSR count). The molecule has 6 nitrogen and oxygen atoms in total. The van der Waals surface area contributed by atoms with E-state index in [1.54, 1.807) is 0 Å². The fraction of sp³-hybridized carbons (Fsp3) is 0.867. The van der Waals surface area contributed by atoms with Gasteiger partial charge < -0.3 is 9.47 Å². The lowest BCUT2D eigenvalue weighted by Crippen LogP contribution is -2.49. The zero-order valence-corrected chi connectivity index (χ0v) is 13.7. The third-order valence-corrected chi connectivity index (χ3v) is 3.63. The van der Waals surface area contributed by atoms with E-state index in [2.05, 4.69) is 10.9 Å². The van der Waals surface area contributed by atoms with Crippen LogP contribution in [0, 0.1) is 5.41 Å². The second kappa shape index (κ2) is 7.11. The highest BCUT2D eigenvalue weighted by Crippen LogP contribution is 2.36. The third kappa shape index (κ3) is 5.91. The van der Waals surface area contributed by atoms with Crippen LogP contribution in [0.2, 0.25) is 0 Å². The highest BCUT2D eigenvalue weighted by molar-refractivity contribution is 5.76. The van der Waals surface area contributed by atoms with E-state index in [-0.39, 0.29) is 12.0 Å². The first kappa shape index (κ1) is 17.8. The van der Waals surface area contributed by atoms with Gasteiger partial charge in [-0.05, 0) is 60.3 Å². The van der Waals surface area contributed by atoms with Crippen molar-refractivity contribution in [2.24, 2.45) is 5.41 Å². The summed E-state index contributed by atoms with van der Waals surface area (Å²) < 4.78 is 10.3. The molecule has 0 aromatic carbocycles. The van der Waals surface area contributed by atoms with Crippen LogP contribution in [0.25, 0.3) is 0 Å². The average molecular weight is 300 g/mol. The van der Waals surface area contributed by atoms with Crippen molar-refractivity contribution in [2.45, 2.75) is 71.9 Å². The molecule has 1 amide bonds. The van der Waals surface area contributed by atoms with E-state index in [1.165, 1.54) is 0 Å². The first-order valence-electron chi connectivity index (χ1n) is 7.58. The zero-order valence-electron chi connectivity index (χ0n) is 13.7. The van der Waals surface area contributed by atoms with Gasteiger partial charge in [-0.3, -0.25) is 10.2 Å². The highest BCUT2D eigenvalue weighted by Gasteiger charge is 2.38. The number of rotatable bonds is 4. The molecule has 1 aliphatic carbocycles. The molecular weight excluding hydrogens is 272 g/mol. The monoisotopic (exact) mass is 300 g/mol. The van der Waals surface area contributed by atoms with Crippen molar-refractivity contribution in [1.82, 2.24) is 10.9 Å². The molecule has 21 heavy (non-hydrogen) atoms. The minimum atomic E-state index is -0.513. The molecule has 0 saturated heterocycles. The van der Waals surface area contributed by atoms with Crippen LogP contribution in [0.3, 0.4) is 0 Å². The summed E-state index contributed by atoms with van der Waals surface area (Å²) in [4.78, 5) is 23.5. The van der Waals surface area contributed by atoms with Gasteiger partial charge in [0.2, 0.25) is 0 Å². The molecule has 1 fully saturated rings. The van der Waals surface area contributed by atoms with Crippen LogP contribution < -0.4 is 10.9 Å². The zero-order chi connectivity index (χ0) is 16.1. The molecule has 2 N–H and O–H groups in total. The minimum Gasteiger partial charge on any atom is -0.466 e. The van der Waals surface area contributed by atoms with Gasteiger partial charge in [0.25, 0.3) is 0 Å². The Labute approximate surface area is 126 Å². The Kier molecular flexibility index (Phi) is 6.01. The number of ether oxygens (including phenoxy) is 2. The van der Waals surface area contributed by atoms with Crippen molar-refractivity contribution in [1.29, 1.82) is 0 Å². The van der Waals surface area contributed by atoms with Crippen molar-refractivity contribution in [2.75, 3.05) is 6.61 Å². The van der Waals surface area contributed by atoms with Crippen molar-refractivity contribution in [3.8, 4) is 0 Å². The van der Waals surface area contributed by atoms with Crippen LogP contribution in [-0.2, 0) is 14.3 Å². The lowest BCUT2D eigenvalue weighted by Gasteiger charge is -2.35. The number of carbonyl (C=O) groups is 2. The van der Waals surface area contributed by atoms with Crippen LogP contribution in [0.5, 0.6) is 0 Å². The maximum atomic E-state index is 11.9. The summed E-state index contributed by atoms with van der Waals surface area (Å²) in [5, 5.41) is 0. The van der Waals surface area contributed by atoms with Crippen molar-refractivity contribution in [3.05, 3.63) is 0 Å². The molecule has 0 aromatic heterocycles. The largest absolute Gasteiger partial charge is 0.466 e. The number of carbonyl (C=O) groups excluding carboxylic acids is 2. The number of hydrazine groups is 1. The Morgan fingerprint density at radius 3 is 2.29 bits per heavy atom. The van der Waals surface area contributed by atoms with Gasteiger partial charge in [-0.1, -0.05) is 0 Å². The predicted molar refractivity (Wildman–Crippen MR) is 79.5 cm³/mol. The van der Waals surface area contributed by atoms with E-state index >= 15 is 0 Å². The summed E-state index contributed by atoms with van der Waals surface area (Å²) in [6.07, 6.45) is 2.64. The van der Waals surface area contributed by atoms with Crippen LogP contribution in [0.15, 0.2) is 0 Å². The number of esters is 1. The molecule has 1 aliphatic rings. The summed E-state index contributed by atoms with van der Waals surface area (Å²) in [5.74, 6) is -0.122. The quantitative estimate of drug-likeness (QED) is 0.616. The van der Waals surface area contributed by atoms with Crippen molar-refractivity contribution in [3.63, 3.8) is 0 Å². The fourth-order valence-electron chi connectivity index (χ4n) is 2.37. The molecule has 0 radical (unpaired) electrons. The van der Waals surface area contributed by atoms with E-state index in [9.17, 15) is 9.59 Å². The molecule has 0 aliphatic heterocycles. The first-order chi connectivity index (χ1) is 9.66. The Hall–Kier alpha value is -1.30.